The third-order valence-corrected chi connectivity index (χ3v) is 6.59. The Bertz CT molecular complexity index is 1400. The topological polar surface area (TPSA) is 141 Å². The molecule has 12 heteroatoms. The number of phenolic OH excluding ortho intramolecular Hbond substituents is 1. The number of fused-ring (bicyclic) bond motifs is 1. The van der Waals surface area contributed by atoms with Gasteiger partial charge in [-0.15, -0.1) is 0 Å². The van der Waals surface area contributed by atoms with Gasteiger partial charge in [0, 0.05) is 34.5 Å². The van der Waals surface area contributed by atoms with Crippen LogP contribution in [-0.4, -0.2) is 36.6 Å². The number of carbonyl (C=O) groups excluding carboxylic acids is 2. The number of phenols is 1. The van der Waals surface area contributed by atoms with Crippen molar-refractivity contribution in [3.05, 3.63) is 81.3 Å². The zero-order valence-corrected chi connectivity index (χ0v) is 23.8. The summed E-state index contributed by atoms with van der Waals surface area (Å²) in [5.41, 5.74) is 7.42. The zero-order valence-electron chi connectivity index (χ0n) is 20.6. The number of anilines is 3. The van der Waals surface area contributed by atoms with Gasteiger partial charge in [-0.05, 0) is 65.3 Å². The van der Waals surface area contributed by atoms with Gasteiger partial charge in [0.05, 0.1) is 15.8 Å². The minimum Gasteiger partial charge on any atom is -0.506 e. The fraction of sp³-hybridized carbons (Fsp3) is 0.185. The third kappa shape index (κ3) is 7.22. The highest BCUT2D eigenvalue weighted by Gasteiger charge is 2.30. The van der Waals surface area contributed by atoms with E-state index in [0.717, 1.165) is 0 Å². The minimum absolute atomic E-state index is 0.0924. The number of nitrogens with one attached hydrogen (secondary N) is 2. The molecule has 3 aromatic carbocycles. The molecule has 0 aromatic heterocycles. The van der Waals surface area contributed by atoms with Crippen LogP contribution in [0, 0.1) is 0 Å². The average molecular weight is 663 g/mol. The summed E-state index contributed by atoms with van der Waals surface area (Å²) in [6.07, 6.45) is -0.232. The first kappa shape index (κ1) is 28.3. The summed E-state index contributed by atoms with van der Waals surface area (Å²) in [7, 11) is 0. The van der Waals surface area contributed by atoms with Crippen LogP contribution in [0.1, 0.15) is 18.6 Å². The second-order valence-electron chi connectivity index (χ2n) is 8.20. The van der Waals surface area contributed by atoms with Gasteiger partial charge in [-0.3, -0.25) is 10.1 Å². The van der Waals surface area contributed by atoms with Crippen molar-refractivity contribution in [3.63, 3.8) is 0 Å². The molecule has 0 unspecified atom stereocenters. The molecule has 0 aliphatic carbocycles. The fourth-order valence-electron chi connectivity index (χ4n) is 3.75. The zero-order chi connectivity index (χ0) is 27.9. The summed E-state index contributed by atoms with van der Waals surface area (Å²) >= 11 is 6.71. The van der Waals surface area contributed by atoms with E-state index in [0.29, 0.717) is 37.5 Å². The first-order valence-corrected chi connectivity index (χ1v) is 13.3. The number of halogens is 2. The molecule has 0 spiro atoms. The number of amides is 2. The molecule has 3 aromatic rings. The van der Waals surface area contributed by atoms with Crippen LogP contribution in [0.3, 0.4) is 0 Å². The number of ether oxygens (including phenoxy) is 4. The van der Waals surface area contributed by atoms with Gasteiger partial charge in [-0.1, -0.05) is 28.1 Å². The fourth-order valence-corrected chi connectivity index (χ4v) is 5.01. The van der Waals surface area contributed by atoms with E-state index in [1.165, 1.54) is 12.2 Å². The smallest absolute Gasteiger partial charge is 0.412 e. The van der Waals surface area contributed by atoms with Gasteiger partial charge < -0.3 is 35.1 Å². The highest BCUT2D eigenvalue weighted by Crippen LogP contribution is 2.39. The molecule has 0 saturated heterocycles. The summed E-state index contributed by atoms with van der Waals surface area (Å²) in [4.78, 5) is 25.7. The van der Waals surface area contributed by atoms with Crippen molar-refractivity contribution in [3.8, 4) is 17.2 Å². The number of hydrogen-bond donors (Lipinski definition) is 4. The Kier molecular flexibility index (Phi) is 9.33. The van der Waals surface area contributed by atoms with E-state index in [2.05, 4.69) is 42.5 Å². The average Bonchev–Trinajstić information content (AvgIpc) is 3.37. The number of para-hydroxylation sites is 2. The summed E-state index contributed by atoms with van der Waals surface area (Å²) in [6, 6.07) is 15.0. The lowest BCUT2D eigenvalue weighted by atomic mass is 10.0. The predicted molar refractivity (Wildman–Crippen MR) is 153 cm³/mol. The molecule has 10 nitrogen and oxygen atoms in total. The van der Waals surface area contributed by atoms with Crippen LogP contribution in [0.5, 0.6) is 17.2 Å². The lowest BCUT2D eigenvalue weighted by molar-refractivity contribution is -0.112. The van der Waals surface area contributed by atoms with Crippen LogP contribution in [0.15, 0.2) is 75.7 Å². The highest BCUT2D eigenvalue weighted by molar-refractivity contribution is 9.11. The first-order chi connectivity index (χ1) is 18.7. The van der Waals surface area contributed by atoms with Gasteiger partial charge in [0.1, 0.15) is 11.9 Å². The molecule has 2 atom stereocenters. The number of nitrogens with two attached hydrogens (primary N) is 1. The summed E-state index contributed by atoms with van der Waals surface area (Å²) < 4.78 is 23.3. The molecule has 0 fully saturated rings. The van der Waals surface area contributed by atoms with Crippen LogP contribution < -0.4 is 25.8 Å². The van der Waals surface area contributed by atoms with Crippen LogP contribution in [0.2, 0.25) is 0 Å². The van der Waals surface area contributed by atoms with Gasteiger partial charge in [0.2, 0.25) is 12.7 Å². The Hall–Kier alpha value is -3.74. The van der Waals surface area contributed by atoms with Crippen molar-refractivity contribution in [2.75, 3.05) is 29.8 Å². The van der Waals surface area contributed by atoms with Gasteiger partial charge in [0.25, 0.3) is 0 Å². The Morgan fingerprint density at radius 3 is 2.64 bits per heavy atom. The van der Waals surface area contributed by atoms with Crippen LogP contribution in [-0.2, 0) is 14.3 Å². The van der Waals surface area contributed by atoms with E-state index in [-0.39, 0.29) is 24.7 Å². The van der Waals surface area contributed by atoms with Crippen LogP contribution >= 0.6 is 31.9 Å². The maximum atomic E-state index is 13.0. The van der Waals surface area contributed by atoms with E-state index in [1.807, 2.05) is 0 Å². The molecule has 204 valence electrons. The molecule has 0 saturated carbocycles. The second kappa shape index (κ2) is 12.9. The molecule has 0 radical (unpaired) electrons. The van der Waals surface area contributed by atoms with Gasteiger partial charge in [-0.2, -0.15) is 0 Å². The quantitative estimate of drug-likeness (QED) is 0.159. The van der Waals surface area contributed by atoms with Crippen molar-refractivity contribution in [2.24, 2.45) is 0 Å². The standard InChI is InChI=1S/C27H25Br2N3O7/c1-2-36-22(9-10-24(33)32-20-6-4-3-5-19(20)30)26(17-11-15(28)12-18(29)25(17)34)39-27(35)31-16-7-8-21-23(13-16)38-14-37-21/h3-13,22,26,34H,2,14,30H2,1H3,(H,31,35)(H,32,33)/b10-9+/t22-,26-/m1/s1. The number of nitrogen functional groups attached to an aromatic ring is 1. The maximum absolute atomic E-state index is 13.0. The van der Waals surface area contributed by atoms with Crippen molar-refractivity contribution >= 4 is 60.9 Å². The van der Waals surface area contributed by atoms with E-state index in [9.17, 15) is 14.7 Å². The largest absolute Gasteiger partial charge is 0.506 e. The predicted octanol–water partition coefficient (Wildman–Crippen LogP) is 6.12. The van der Waals surface area contributed by atoms with E-state index in [1.54, 1.807) is 61.5 Å². The van der Waals surface area contributed by atoms with Crippen LogP contribution in [0.25, 0.3) is 0 Å². The number of hydrogen-bond acceptors (Lipinski definition) is 8. The van der Waals surface area contributed by atoms with Crippen LogP contribution in [0.4, 0.5) is 21.9 Å². The molecule has 39 heavy (non-hydrogen) atoms. The molecule has 1 aliphatic rings. The Morgan fingerprint density at radius 1 is 1.10 bits per heavy atom. The number of benzene rings is 3. The summed E-state index contributed by atoms with van der Waals surface area (Å²) in [5.74, 6) is 0.422. The SMILES string of the molecule is CCO[C@H](/C=C/C(=O)Nc1ccccc1N)[C@H](OC(=O)Nc1ccc2c(c1)OCO2)c1cc(Br)cc(Br)c1O. The van der Waals surface area contributed by atoms with Crippen molar-refractivity contribution < 1.29 is 33.6 Å². The number of carbonyl (C=O) groups is 2. The second-order valence-corrected chi connectivity index (χ2v) is 9.97. The molecule has 0 bridgehead atoms. The van der Waals surface area contributed by atoms with E-state index in [4.69, 9.17) is 24.7 Å². The number of rotatable bonds is 9. The van der Waals surface area contributed by atoms with Gasteiger partial charge in [-0.25, -0.2) is 4.79 Å². The molecule has 1 aliphatic heterocycles. The molecular formula is C27H25Br2N3O7. The minimum atomic E-state index is -1.15. The van der Waals surface area contributed by atoms with Crippen molar-refractivity contribution in [2.45, 2.75) is 19.1 Å². The van der Waals surface area contributed by atoms with E-state index < -0.39 is 24.2 Å². The Morgan fingerprint density at radius 2 is 1.87 bits per heavy atom. The third-order valence-electron chi connectivity index (χ3n) is 5.53. The Balaban J connectivity index is 1.60. The van der Waals surface area contributed by atoms with E-state index >= 15 is 0 Å². The lowest BCUT2D eigenvalue weighted by Gasteiger charge is -2.26. The monoisotopic (exact) mass is 661 g/mol. The molecular weight excluding hydrogens is 638 g/mol. The molecule has 2 amide bonds. The molecule has 1 heterocycles. The Labute approximate surface area is 241 Å². The maximum Gasteiger partial charge on any atom is 0.412 e. The molecule has 5 N–H and O–H groups in total. The lowest BCUT2D eigenvalue weighted by Crippen LogP contribution is -2.28. The summed E-state index contributed by atoms with van der Waals surface area (Å²) in [6.45, 7) is 2.07. The van der Waals surface area contributed by atoms with Crippen molar-refractivity contribution in [1.82, 2.24) is 0 Å². The summed E-state index contributed by atoms with van der Waals surface area (Å²) in [5, 5.41) is 16.2. The normalized spacial score (nSPS) is 13.6. The van der Waals surface area contributed by atoms with Crippen molar-refractivity contribution in [1.29, 1.82) is 0 Å². The molecule has 4 rings (SSSR count). The first-order valence-electron chi connectivity index (χ1n) is 11.8. The number of aromatic hydroxyl groups is 1. The van der Waals surface area contributed by atoms with Gasteiger partial charge in [0.15, 0.2) is 17.6 Å². The highest BCUT2D eigenvalue weighted by atomic mass is 79.9. The van der Waals surface area contributed by atoms with Gasteiger partial charge >= 0.3 is 6.09 Å².